The number of thiophene rings is 1. The fourth-order valence-corrected chi connectivity index (χ4v) is 1.94. The molecule has 0 aliphatic carbocycles. The highest BCUT2D eigenvalue weighted by Gasteiger charge is 1.97. The normalized spacial score (nSPS) is 12.1. The van der Waals surface area contributed by atoms with E-state index < -0.39 is 0 Å². The average Bonchev–Trinajstić information content (AvgIpc) is 2.52. The molecule has 0 aromatic carbocycles. The SMILES string of the molecule is C/C(=C/Cl)CNCc1cscc1C. The zero-order chi connectivity index (χ0) is 9.68. The van der Waals surface area contributed by atoms with E-state index in [-0.39, 0.29) is 0 Å². The number of aryl methyl sites for hydroxylation is 1. The van der Waals surface area contributed by atoms with Gasteiger partial charge in [-0.05, 0) is 41.3 Å². The van der Waals surface area contributed by atoms with E-state index in [0.29, 0.717) is 0 Å². The molecule has 1 aromatic rings. The van der Waals surface area contributed by atoms with Gasteiger partial charge in [-0.15, -0.1) is 0 Å². The highest BCUT2D eigenvalue weighted by molar-refractivity contribution is 7.08. The van der Waals surface area contributed by atoms with Crippen molar-refractivity contribution in [3.63, 3.8) is 0 Å². The Morgan fingerprint density at radius 3 is 2.92 bits per heavy atom. The van der Waals surface area contributed by atoms with Crippen LogP contribution < -0.4 is 5.32 Å². The fraction of sp³-hybridized carbons (Fsp3) is 0.400. The third-order valence-corrected chi connectivity index (χ3v) is 3.15. The van der Waals surface area contributed by atoms with Crippen molar-refractivity contribution in [2.24, 2.45) is 0 Å². The number of hydrogen-bond acceptors (Lipinski definition) is 2. The molecule has 72 valence electrons. The topological polar surface area (TPSA) is 12.0 Å². The van der Waals surface area contributed by atoms with Crippen molar-refractivity contribution in [1.29, 1.82) is 0 Å². The summed E-state index contributed by atoms with van der Waals surface area (Å²) in [5, 5.41) is 7.68. The minimum Gasteiger partial charge on any atom is -0.309 e. The molecule has 3 heteroatoms. The smallest absolute Gasteiger partial charge is 0.0219 e. The largest absolute Gasteiger partial charge is 0.309 e. The first-order chi connectivity index (χ1) is 6.24. The van der Waals surface area contributed by atoms with Crippen molar-refractivity contribution in [1.82, 2.24) is 5.32 Å². The second-order valence-corrected chi connectivity index (χ2v) is 4.10. The summed E-state index contributed by atoms with van der Waals surface area (Å²) in [6.07, 6.45) is 0. The van der Waals surface area contributed by atoms with Gasteiger partial charge < -0.3 is 5.32 Å². The van der Waals surface area contributed by atoms with Crippen LogP contribution in [0.3, 0.4) is 0 Å². The van der Waals surface area contributed by atoms with Gasteiger partial charge in [-0.3, -0.25) is 0 Å². The summed E-state index contributed by atoms with van der Waals surface area (Å²) in [6.45, 7) is 5.94. The molecule has 0 fully saturated rings. The lowest BCUT2D eigenvalue weighted by atomic mass is 10.2. The van der Waals surface area contributed by atoms with Gasteiger partial charge in [0.05, 0.1) is 0 Å². The van der Waals surface area contributed by atoms with E-state index in [2.05, 4.69) is 23.0 Å². The van der Waals surface area contributed by atoms with Gasteiger partial charge in [0.1, 0.15) is 0 Å². The van der Waals surface area contributed by atoms with Crippen LogP contribution in [0.15, 0.2) is 21.9 Å². The van der Waals surface area contributed by atoms with Crippen LogP contribution in [-0.2, 0) is 6.54 Å². The van der Waals surface area contributed by atoms with Crippen LogP contribution >= 0.6 is 22.9 Å². The molecule has 1 N–H and O–H groups in total. The first kappa shape index (κ1) is 10.8. The third-order valence-electron chi connectivity index (χ3n) is 1.87. The van der Waals surface area contributed by atoms with Gasteiger partial charge >= 0.3 is 0 Å². The van der Waals surface area contributed by atoms with Gasteiger partial charge in [0.15, 0.2) is 0 Å². The molecular weight excluding hydrogens is 202 g/mol. The molecule has 1 nitrogen and oxygen atoms in total. The van der Waals surface area contributed by atoms with Crippen molar-refractivity contribution in [2.75, 3.05) is 6.54 Å². The molecule has 0 bridgehead atoms. The zero-order valence-electron chi connectivity index (χ0n) is 7.93. The van der Waals surface area contributed by atoms with Crippen molar-refractivity contribution in [2.45, 2.75) is 20.4 Å². The standard InChI is InChI=1S/C10H14ClNS/c1-8(3-11)4-12-5-10-7-13-6-9(10)2/h3,6-7,12H,4-5H2,1-2H3/b8-3-. The molecule has 0 amide bonds. The Morgan fingerprint density at radius 1 is 1.62 bits per heavy atom. The molecule has 0 aliphatic rings. The predicted molar refractivity (Wildman–Crippen MR) is 60.4 cm³/mol. The second-order valence-electron chi connectivity index (χ2n) is 3.14. The number of hydrogen-bond donors (Lipinski definition) is 1. The summed E-state index contributed by atoms with van der Waals surface area (Å²) in [5.74, 6) is 0. The molecule has 1 aromatic heterocycles. The molecule has 1 heterocycles. The molecule has 0 atom stereocenters. The Labute approximate surface area is 88.4 Å². The highest BCUT2D eigenvalue weighted by atomic mass is 35.5. The highest BCUT2D eigenvalue weighted by Crippen LogP contribution is 2.12. The predicted octanol–water partition coefficient (Wildman–Crippen LogP) is 3.29. The van der Waals surface area contributed by atoms with Gasteiger partial charge in [0, 0.05) is 18.6 Å². The molecule has 0 aliphatic heterocycles. The lowest BCUT2D eigenvalue weighted by molar-refractivity contribution is 0.739. The molecule has 0 saturated heterocycles. The third kappa shape index (κ3) is 3.51. The Morgan fingerprint density at radius 2 is 2.38 bits per heavy atom. The van der Waals surface area contributed by atoms with E-state index in [1.54, 1.807) is 16.9 Å². The first-order valence-electron chi connectivity index (χ1n) is 4.22. The fourth-order valence-electron chi connectivity index (χ4n) is 1.00. The molecular formula is C10H14ClNS. The van der Waals surface area contributed by atoms with Gasteiger partial charge in [0.2, 0.25) is 0 Å². The number of rotatable bonds is 4. The van der Waals surface area contributed by atoms with E-state index in [0.717, 1.165) is 18.7 Å². The van der Waals surface area contributed by atoms with Crippen LogP contribution in [0.4, 0.5) is 0 Å². The lowest BCUT2D eigenvalue weighted by Gasteiger charge is -2.03. The summed E-state index contributed by atoms with van der Waals surface area (Å²) in [5.41, 5.74) is 5.53. The van der Waals surface area contributed by atoms with Crippen molar-refractivity contribution in [3.05, 3.63) is 33.0 Å². The molecule has 13 heavy (non-hydrogen) atoms. The Kier molecular flexibility index (Phi) is 4.50. The minimum absolute atomic E-state index is 0.860. The maximum atomic E-state index is 5.54. The lowest BCUT2D eigenvalue weighted by Crippen LogP contribution is -2.15. The van der Waals surface area contributed by atoms with E-state index in [1.165, 1.54) is 11.1 Å². The van der Waals surface area contributed by atoms with E-state index in [4.69, 9.17) is 11.6 Å². The zero-order valence-corrected chi connectivity index (χ0v) is 9.50. The summed E-state index contributed by atoms with van der Waals surface area (Å²) in [7, 11) is 0. The summed E-state index contributed by atoms with van der Waals surface area (Å²) >= 11 is 7.29. The molecule has 0 radical (unpaired) electrons. The van der Waals surface area contributed by atoms with Crippen LogP contribution in [0.5, 0.6) is 0 Å². The Hall–Kier alpha value is -0.310. The van der Waals surface area contributed by atoms with Crippen LogP contribution in [0, 0.1) is 6.92 Å². The van der Waals surface area contributed by atoms with E-state index >= 15 is 0 Å². The summed E-state index contributed by atoms with van der Waals surface area (Å²) < 4.78 is 0. The monoisotopic (exact) mass is 215 g/mol. The van der Waals surface area contributed by atoms with Crippen LogP contribution in [0.2, 0.25) is 0 Å². The quantitative estimate of drug-likeness (QED) is 0.813. The van der Waals surface area contributed by atoms with Crippen LogP contribution in [0.25, 0.3) is 0 Å². The number of halogens is 1. The van der Waals surface area contributed by atoms with Crippen molar-refractivity contribution < 1.29 is 0 Å². The van der Waals surface area contributed by atoms with Gasteiger partial charge in [0.25, 0.3) is 0 Å². The summed E-state index contributed by atoms with van der Waals surface area (Å²) in [6, 6.07) is 0. The van der Waals surface area contributed by atoms with Crippen LogP contribution in [0.1, 0.15) is 18.1 Å². The number of nitrogens with one attached hydrogen (secondary N) is 1. The molecule has 0 saturated carbocycles. The van der Waals surface area contributed by atoms with E-state index in [1.807, 2.05) is 6.92 Å². The van der Waals surface area contributed by atoms with Crippen LogP contribution in [-0.4, -0.2) is 6.54 Å². The van der Waals surface area contributed by atoms with Gasteiger partial charge in [-0.25, -0.2) is 0 Å². The Balaban J connectivity index is 2.32. The van der Waals surface area contributed by atoms with Crippen molar-refractivity contribution >= 4 is 22.9 Å². The molecule has 1 rings (SSSR count). The average molecular weight is 216 g/mol. The first-order valence-corrected chi connectivity index (χ1v) is 5.60. The maximum Gasteiger partial charge on any atom is 0.0219 e. The molecule has 0 unspecified atom stereocenters. The second kappa shape index (κ2) is 5.43. The maximum absolute atomic E-state index is 5.54. The van der Waals surface area contributed by atoms with Crippen molar-refractivity contribution in [3.8, 4) is 0 Å². The summed E-state index contributed by atoms with van der Waals surface area (Å²) in [4.78, 5) is 0. The van der Waals surface area contributed by atoms with E-state index in [9.17, 15) is 0 Å². The minimum atomic E-state index is 0.860. The van der Waals surface area contributed by atoms with Gasteiger partial charge in [-0.2, -0.15) is 11.3 Å². The Bertz CT molecular complexity index is 291. The molecule has 0 spiro atoms. The van der Waals surface area contributed by atoms with Gasteiger partial charge in [-0.1, -0.05) is 11.6 Å².